The van der Waals surface area contributed by atoms with Crippen LogP contribution >= 0.6 is 11.8 Å². The van der Waals surface area contributed by atoms with E-state index in [1.165, 1.54) is 7.11 Å². The Morgan fingerprint density at radius 3 is 2.60 bits per heavy atom. The molecule has 0 fully saturated rings. The minimum atomic E-state index is -0.933. The highest BCUT2D eigenvalue weighted by Gasteiger charge is 2.47. The number of ketones is 1. The number of para-hydroxylation sites is 1. The molecule has 0 bridgehead atoms. The number of methoxy groups -OCH3 is 1. The number of hydrogen-bond acceptors (Lipinski definition) is 8. The predicted molar refractivity (Wildman–Crippen MR) is 136 cm³/mol. The molecule has 0 saturated heterocycles. The molecule has 35 heavy (non-hydrogen) atoms. The van der Waals surface area contributed by atoms with Gasteiger partial charge in [-0.05, 0) is 44.9 Å². The lowest BCUT2D eigenvalue weighted by Gasteiger charge is -2.38. The lowest BCUT2D eigenvalue weighted by Crippen LogP contribution is -2.43. The predicted octanol–water partition coefficient (Wildman–Crippen LogP) is 4.38. The van der Waals surface area contributed by atoms with Crippen LogP contribution in [0.4, 0.5) is 0 Å². The molecule has 1 aromatic carbocycles. The van der Waals surface area contributed by atoms with E-state index in [-0.39, 0.29) is 24.4 Å². The number of hydrogen-bond donors (Lipinski definition) is 1. The van der Waals surface area contributed by atoms with Crippen molar-refractivity contribution < 1.29 is 28.6 Å². The summed E-state index contributed by atoms with van der Waals surface area (Å²) in [5.74, 6) is -1.07. The normalized spacial score (nSPS) is 22.0. The molecule has 190 valence electrons. The molecule has 0 radical (unpaired) electrons. The molecular formula is C27H35NO6S. The Kier molecular flexibility index (Phi) is 9.05. The number of carbonyl (C=O) groups is 3. The van der Waals surface area contributed by atoms with Crippen molar-refractivity contribution in [1.82, 2.24) is 5.32 Å². The van der Waals surface area contributed by atoms with Gasteiger partial charge in [0.1, 0.15) is 18.3 Å². The summed E-state index contributed by atoms with van der Waals surface area (Å²) in [7, 11) is 1.29. The van der Waals surface area contributed by atoms with Crippen LogP contribution in [-0.2, 0) is 23.9 Å². The van der Waals surface area contributed by atoms with Crippen LogP contribution in [0.2, 0.25) is 0 Å². The number of nitrogens with one attached hydrogen (secondary N) is 1. The molecule has 1 aliphatic heterocycles. The lowest BCUT2D eigenvalue weighted by atomic mass is 9.69. The average Bonchev–Trinajstić information content (AvgIpc) is 2.80. The molecule has 1 heterocycles. The highest BCUT2D eigenvalue weighted by Crippen LogP contribution is 2.47. The van der Waals surface area contributed by atoms with E-state index in [2.05, 4.69) is 5.32 Å². The van der Waals surface area contributed by atoms with Crippen LogP contribution in [0.5, 0.6) is 5.75 Å². The highest BCUT2D eigenvalue weighted by atomic mass is 32.2. The van der Waals surface area contributed by atoms with Crippen molar-refractivity contribution in [3.63, 3.8) is 0 Å². The van der Waals surface area contributed by atoms with Gasteiger partial charge in [-0.15, -0.1) is 0 Å². The summed E-state index contributed by atoms with van der Waals surface area (Å²) in [6, 6.07) is 7.41. The van der Waals surface area contributed by atoms with Gasteiger partial charge in [0, 0.05) is 28.3 Å². The number of dihydropyridines is 1. The van der Waals surface area contributed by atoms with Crippen LogP contribution < -0.4 is 10.1 Å². The molecule has 0 amide bonds. The Hall–Kier alpha value is -2.74. The van der Waals surface area contributed by atoms with E-state index in [0.717, 1.165) is 11.4 Å². The molecule has 8 heteroatoms. The van der Waals surface area contributed by atoms with Crippen LogP contribution in [0.3, 0.4) is 0 Å². The van der Waals surface area contributed by atoms with Gasteiger partial charge in [0.2, 0.25) is 0 Å². The maximum absolute atomic E-state index is 13.8. The number of allylic oxidation sites excluding steroid dienone is 3. The topological polar surface area (TPSA) is 90.9 Å². The van der Waals surface area contributed by atoms with Gasteiger partial charge in [-0.1, -0.05) is 32.0 Å². The van der Waals surface area contributed by atoms with Crippen LogP contribution in [0.25, 0.3) is 0 Å². The molecule has 0 aromatic heterocycles. The number of thioether (sulfide) groups is 1. The molecule has 1 aromatic rings. The molecule has 0 saturated carbocycles. The molecule has 2 aliphatic rings. The number of ether oxygens (including phenoxy) is 3. The number of esters is 2. The van der Waals surface area contributed by atoms with Crippen LogP contribution in [0.15, 0.2) is 46.8 Å². The fourth-order valence-electron chi connectivity index (χ4n) is 4.76. The molecule has 7 nitrogen and oxygen atoms in total. The Balaban J connectivity index is 2.14. The second-order valence-corrected chi connectivity index (χ2v) is 10.5. The first-order valence-corrected chi connectivity index (χ1v) is 13.2. The third-order valence-electron chi connectivity index (χ3n) is 6.22. The minimum absolute atomic E-state index is 0.109. The highest BCUT2D eigenvalue weighted by molar-refractivity contribution is 7.99. The van der Waals surface area contributed by atoms with Crippen molar-refractivity contribution in [1.29, 1.82) is 0 Å². The fourth-order valence-corrected chi connectivity index (χ4v) is 5.25. The third-order valence-corrected chi connectivity index (χ3v) is 7.08. The SMILES string of the molecule is CCSCCOC(=O)C1=C(C)NC2=C(C(=O)[C@H](C(=O)OC)[C@H](C)C2)[C@H]1c1ccccc1OC(C)C. The summed E-state index contributed by atoms with van der Waals surface area (Å²) in [4.78, 5) is 39.8. The Morgan fingerprint density at radius 2 is 1.94 bits per heavy atom. The monoisotopic (exact) mass is 501 g/mol. The molecule has 0 unspecified atom stereocenters. The maximum Gasteiger partial charge on any atom is 0.336 e. The van der Waals surface area contributed by atoms with Crippen LogP contribution in [-0.4, -0.2) is 49.0 Å². The van der Waals surface area contributed by atoms with E-state index < -0.39 is 23.8 Å². The number of rotatable bonds is 9. The van der Waals surface area contributed by atoms with E-state index in [0.29, 0.717) is 40.3 Å². The molecule has 3 atom stereocenters. The van der Waals surface area contributed by atoms with Crippen molar-refractivity contribution >= 4 is 29.5 Å². The molecule has 1 N–H and O–H groups in total. The van der Waals surface area contributed by atoms with Gasteiger partial charge in [-0.25, -0.2) is 4.79 Å². The van der Waals surface area contributed by atoms with Gasteiger partial charge in [-0.2, -0.15) is 11.8 Å². The molecular weight excluding hydrogens is 466 g/mol. The number of carbonyl (C=O) groups excluding carboxylic acids is 3. The second kappa shape index (κ2) is 11.8. The fraction of sp³-hybridized carbons (Fsp3) is 0.519. The quantitative estimate of drug-likeness (QED) is 0.303. The third kappa shape index (κ3) is 5.74. The van der Waals surface area contributed by atoms with Crippen molar-refractivity contribution in [2.24, 2.45) is 11.8 Å². The van der Waals surface area contributed by atoms with E-state index in [9.17, 15) is 14.4 Å². The van der Waals surface area contributed by atoms with Gasteiger partial charge >= 0.3 is 11.9 Å². The summed E-state index contributed by atoms with van der Waals surface area (Å²) >= 11 is 1.69. The van der Waals surface area contributed by atoms with E-state index >= 15 is 0 Å². The summed E-state index contributed by atoms with van der Waals surface area (Å²) in [5.41, 5.74) is 2.81. The van der Waals surface area contributed by atoms with Crippen LogP contribution in [0.1, 0.15) is 52.5 Å². The van der Waals surface area contributed by atoms with Crippen molar-refractivity contribution in [2.75, 3.05) is 25.2 Å². The van der Waals surface area contributed by atoms with E-state index in [1.807, 2.05) is 58.9 Å². The average molecular weight is 502 g/mol. The summed E-state index contributed by atoms with van der Waals surface area (Å²) in [6.07, 6.45) is 0.375. The Morgan fingerprint density at radius 1 is 1.23 bits per heavy atom. The molecule has 0 spiro atoms. The van der Waals surface area contributed by atoms with Gasteiger partial charge in [0.15, 0.2) is 5.78 Å². The number of benzene rings is 1. The van der Waals surface area contributed by atoms with Crippen molar-refractivity contribution in [3.8, 4) is 5.75 Å². The lowest BCUT2D eigenvalue weighted by molar-refractivity contribution is -0.151. The second-order valence-electron chi connectivity index (χ2n) is 9.07. The summed E-state index contributed by atoms with van der Waals surface area (Å²) in [5, 5.41) is 3.29. The largest absolute Gasteiger partial charge is 0.491 e. The van der Waals surface area contributed by atoms with E-state index in [4.69, 9.17) is 14.2 Å². The maximum atomic E-state index is 13.8. The van der Waals surface area contributed by atoms with Gasteiger partial charge in [0.05, 0.1) is 24.7 Å². The number of Topliss-reactive ketones (excluding diaryl/α,β-unsaturated/α-hetero) is 1. The van der Waals surface area contributed by atoms with Gasteiger partial charge < -0.3 is 19.5 Å². The zero-order valence-electron chi connectivity index (χ0n) is 21.3. The standard InChI is InChI=1S/C27H35NO6S/c1-7-35-13-12-33-27(31)22-17(5)28-19-14-16(4)21(26(30)32-6)25(29)24(19)23(22)18-10-8-9-11-20(18)34-15(2)3/h8-11,15-16,21,23,28H,7,12-14H2,1-6H3/t16-,21-,23+/m1/s1. The summed E-state index contributed by atoms with van der Waals surface area (Å²) in [6.45, 7) is 9.85. The van der Waals surface area contributed by atoms with Gasteiger partial charge in [-0.3, -0.25) is 9.59 Å². The summed E-state index contributed by atoms with van der Waals surface area (Å²) < 4.78 is 16.7. The van der Waals surface area contributed by atoms with E-state index in [1.54, 1.807) is 11.8 Å². The Labute approximate surface area is 211 Å². The first kappa shape index (κ1) is 26.9. The first-order valence-electron chi connectivity index (χ1n) is 12.0. The smallest absolute Gasteiger partial charge is 0.336 e. The Bertz CT molecular complexity index is 1040. The zero-order chi connectivity index (χ0) is 25.7. The molecule has 3 rings (SSSR count). The van der Waals surface area contributed by atoms with Crippen LogP contribution in [0, 0.1) is 11.8 Å². The minimum Gasteiger partial charge on any atom is -0.491 e. The van der Waals surface area contributed by atoms with Crippen molar-refractivity contribution in [2.45, 2.75) is 53.1 Å². The van der Waals surface area contributed by atoms with Gasteiger partial charge in [0.25, 0.3) is 0 Å². The van der Waals surface area contributed by atoms with Crippen molar-refractivity contribution in [3.05, 3.63) is 52.4 Å². The first-order chi connectivity index (χ1) is 16.7. The molecule has 1 aliphatic carbocycles. The zero-order valence-corrected chi connectivity index (χ0v) is 22.1.